The number of carboxylic acid groups (broad SMARTS) is 1. The highest BCUT2D eigenvalue weighted by Crippen LogP contribution is 2.40. The van der Waals surface area contributed by atoms with E-state index in [0.717, 1.165) is 6.07 Å². The Balaban J connectivity index is 1.34. The van der Waals surface area contributed by atoms with Crippen LogP contribution in [0, 0.1) is 5.82 Å². The number of halogens is 3. The van der Waals surface area contributed by atoms with Gasteiger partial charge in [-0.25, -0.2) is 9.18 Å². The van der Waals surface area contributed by atoms with Crippen LogP contribution >= 0.6 is 0 Å². The zero-order valence-corrected chi connectivity index (χ0v) is 20.1. The highest BCUT2D eigenvalue weighted by molar-refractivity contribution is 5.82. The summed E-state index contributed by atoms with van der Waals surface area (Å²) in [7, 11) is 0. The fourth-order valence-electron chi connectivity index (χ4n) is 5.39. The molecular weight excluding hydrogens is 519 g/mol. The van der Waals surface area contributed by atoms with E-state index in [0.29, 0.717) is 12.1 Å². The minimum absolute atomic E-state index is 0.104. The number of amides is 1. The third-order valence-corrected chi connectivity index (χ3v) is 7.23. The summed E-state index contributed by atoms with van der Waals surface area (Å²) in [5.41, 5.74) is -0.254. The molecule has 6 rings (SSSR count). The summed E-state index contributed by atoms with van der Waals surface area (Å²) in [5, 5.41) is 16.2. The van der Waals surface area contributed by atoms with Crippen molar-refractivity contribution < 1.29 is 27.5 Å². The van der Waals surface area contributed by atoms with E-state index in [9.17, 15) is 28.3 Å². The number of fused-ring (bicyclic) bond motifs is 2. The number of para-hydroxylation sites is 1. The summed E-state index contributed by atoms with van der Waals surface area (Å²) in [6.45, 7) is 0.386. The Morgan fingerprint density at radius 1 is 1.08 bits per heavy atom. The van der Waals surface area contributed by atoms with Gasteiger partial charge < -0.3 is 24.2 Å². The molecule has 2 aliphatic rings. The summed E-state index contributed by atoms with van der Waals surface area (Å²) in [6, 6.07) is 12.1. The van der Waals surface area contributed by atoms with E-state index in [1.54, 1.807) is 40.1 Å². The van der Waals surface area contributed by atoms with Crippen LogP contribution in [-0.4, -0.2) is 51.5 Å². The molecule has 1 amide bonds. The topological polar surface area (TPSA) is 120 Å². The van der Waals surface area contributed by atoms with Crippen LogP contribution in [0.3, 0.4) is 0 Å². The number of carbonyl (C=O) groups is 1. The normalized spacial score (nSPS) is 18.5. The third-order valence-electron chi connectivity index (χ3n) is 7.23. The van der Waals surface area contributed by atoms with E-state index in [-0.39, 0.29) is 60.1 Å². The van der Waals surface area contributed by atoms with Gasteiger partial charge in [-0.3, -0.25) is 9.59 Å². The average molecular weight is 539 g/mol. The maximum absolute atomic E-state index is 15.3. The standard InChI is InChI=1S/C26H20F3N5O5/c27-18-8-13(24-30-31-25(39-24)23(28)29)6-7-14(18)10-32(15-4-2-1-3-5-15)19-20(22(36)21(19)35)33-11-17-9-16(33)12-34(17)26(37)38/h1-8,16-17,23H,9-12H2,(H,37,38)/t16-,17-/m0/s1. The number of nitrogens with zero attached hydrogens (tertiary/aromatic N) is 5. The van der Waals surface area contributed by atoms with Crippen molar-refractivity contribution in [3.8, 4) is 11.5 Å². The maximum Gasteiger partial charge on any atom is 0.407 e. The van der Waals surface area contributed by atoms with E-state index in [4.69, 9.17) is 4.42 Å². The molecule has 2 saturated heterocycles. The molecule has 2 atom stereocenters. The van der Waals surface area contributed by atoms with Gasteiger partial charge in [-0.2, -0.15) is 8.78 Å². The molecule has 1 N–H and O–H groups in total. The molecule has 2 bridgehead atoms. The molecule has 0 spiro atoms. The summed E-state index contributed by atoms with van der Waals surface area (Å²) in [6.07, 6.45) is -3.43. The maximum atomic E-state index is 15.3. The Bertz CT molecular complexity index is 1630. The number of benzene rings is 2. The number of piperazine rings is 1. The van der Waals surface area contributed by atoms with Crippen molar-refractivity contribution in [3.05, 3.63) is 86.2 Å². The van der Waals surface area contributed by atoms with Crippen molar-refractivity contribution in [3.63, 3.8) is 0 Å². The van der Waals surface area contributed by atoms with Crippen LogP contribution in [0.15, 0.2) is 62.5 Å². The first-order valence-electron chi connectivity index (χ1n) is 12.1. The van der Waals surface area contributed by atoms with Crippen LogP contribution in [-0.2, 0) is 6.54 Å². The van der Waals surface area contributed by atoms with Crippen LogP contribution in [0.1, 0.15) is 24.3 Å². The molecular formula is C26H20F3N5O5. The van der Waals surface area contributed by atoms with Gasteiger partial charge in [0, 0.05) is 35.9 Å². The Labute approximate surface area is 218 Å². The Kier molecular flexibility index (Phi) is 5.85. The fraction of sp³-hybridized carbons (Fsp3) is 0.269. The molecule has 0 radical (unpaired) electrons. The molecule has 200 valence electrons. The molecule has 2 fully saturated rings. The van der Waals surface area contributed by atoms with Crippen LogP contribution in [0.25, 0.3) is 11.5 Å². The third kappa shape index (κ3) is 4.10. The fourth-order valence-corrected chi connectivity index (χ4v) is 5.39. The van der Waals surface area contributed by atoms with Crippen LogP contribution in [0.2, 0.25) is 0 Å². The summed E-state index contributed by atoms with van der Waals surface area (Å²) < 4.78 is 45.8. The monoisotopic (exact) mass is 539 g/mol. The van der Waals surface area contributed by atoms with Gasteiger partial charge in [0.05, 0.1) is 12.6 Å². The molecule has 13 heteroatoms. The average Bonchev–Trinajstić information content (AvgIpc) is 3.68. The van der Waals surface area contributed by atoms with Crippen LogP contribution < -0.4 is 20.7 Å². The molecule has 2 aliphatic heterocycles. The highest BCUT2D eigenvalue weighted by Gasteiger charge is 2.48. The first-order valence-corrected chi connectivity index (χ1v) is 12.1. The number of hydrogen-bond donors (Lipinski definition) is 1. The minimum Gasteiger partial charge on any atom is -0.465 e. The van der Waals surface area contributed by atoms with Crippen LogP contribution in [0.4, 0.5) is 35.0 Å². The van der Waals surface area contributed by atoms with Crippen molar-refractivity contribution in [1.29, 1.82) is 0 Å². The Morgan fingerprint density at radius 2 is 1.85 bits per heavy atom. The number of likely N-dealkylation sites (tertiary alicyclic amines) is 1. The molecule has 39 heavy (non-hydrogen) atoms. The van der Waals surface area contributed by atoms with Crippen LogP contribution in [0.5, 0.6) is 0 Å². The molecule has 4 aromatic rings. The molecule has 1 aromatic heterocycles. The second-order valence-electron chi connectivity index (χ2n) is 9.46. The van der Waals surface area contributed by atoms with Gasteiger partial charge in [-0.1, -0.05) is 24.3 Å². The summed E-state index contributed by atoms with van der Waals surface area (Å²) in [5.74, 6) is -1.85. The van der Waals surface area contributed by atoms with Gasteiger partial charge in [-0.15, -0.1) is 10.2 Å². The van der Waals surface area contributed by atoms with Crippen molar-refractivity contribution in [1.82, 2.24) is 15.1 Å². The summed E-state index contributed by atoms with van der Waals surface area (Å²) in [4.78, 5) is 41.9. The second-order valence-corrected chi connectivity index (χ2v) is 9.46. The zero-order valence-electron chi connectivity index (χ0n) is 20.1. The van der Waals surface area contributed by atoms with Crippen molar-refractivity contribution in [2.24, 2.45) is 0 Å². The van der Waals surface area contributed by atoms with Gasteiger partial charge in [0.15, 0.2) is 0 Å². The summed E-state index contributed by atoms with van der Waals surface area (Å²) >= 11 is 0. The number of rotatable bonds is 7. The number of hydrogen-bond acceptors (Lipinski definition) is 8. The van der Waals surface area contributed by atoms with Crippen molar-refractivity contribution in [2.45, 2.75) is 31.5 Å². The van der Waals surface area contributed by atoms with E-state index < -0.39 is 35.1 Å². The SMILES string of the molecule is O=C(O)N1C[C@@H]2C[C@H]1CN2c1c(N(Cc2ccc(-c3nnc(C(F)F)o3)cc2F)c2ccccc2)c(=O)c1=O. The predicted molar refractivity (Wildman–Crippen MR) is 133 cm³/mol. The van der Waals surface area contributed by atoms with Crippen molar-refractivity contribution >= 4 is 23.2 Å². The minimum atomic E-state index is -2.96. The molecule has 0 unspecified atom stereocenters. The second kappa shape index (κ2) is 9.26. The lowest BCUT2D eigenvalue weighted by molar-refractivity contribution is 0.116. The van der Waals surface area contributed by atoms with Gasteiger partial charge in [0.2, 0.25) is 5.89 Å². The van der Waals surface area contributed by atoms with Crippen molar-refractivity contribution in [2.75, 3.05) is 22.9 Å². The largest absolute Gasteiger partial charge is 0.465 e. The molecule has 0 aliphatic carbocycles. The van der Waals surface area contributed by atoms with E-state index in [2.05, 4.69) is 10.2 Å². The lowest BCUT2D eigenvalue weighted by atomic mass is 10.1. The smallest absolute Gasteiger partial charge is 0.407 e. The van der Waals surface area contributed by atoms with E-state index in [1.165, 1.54) is 17.0 Å². The lowest BCUT2D eigenvalue weighted by Gasteiger charge is -2.37. The quantitative estimate of drug-likeness (QED) is 0.351. The lowest BCUT2D eigenvalue weighted by Crippen LogP contribution is -2.53. The number of alkyl halides is 2. The predicted octanol–water partition coefficient (Wildman–Crippen LogP) is 3.69. The first kappa shape index (κ1) is 24.6. The van der Waals surface area contributed by atoms with Gasteiger partial charge in [-0.05, 0) is 30.7 Å². The Morgan fingerprint density at radius 3 is 2.46 bits per heavy atom. The molecule has 10 nitrogen and oxygen atoms in total. The zero-order chi connectivity index (χ0) is 27.4. The van der Waals surface area contributed by atoms with E-state index in [1.807, 2.05) is 0 Å². The first-order chi connectivity index (χ1) is 18.7. The Hall–Kier alpha value is -4.68. The molecule has 3 heterocycles. The number of anilines is 3. The van der Waals surface area contributed by atoms with Gasteiger partial charge in [0.1, 0.15) is 17.2 Å². The molecule has 3 aromatic carbocycles. The highest BCUT2D eigenvalue weighted by atomic mass is 19.3. The van der Waals surface area contributed by atoms with Gasteiger partial charge in [0.25, 0.3) is 16.7 Å². The number of aromatic nitrogens is 2. The van der Waals surface area contributed by atoms with E-state index >= 15 is 4.39 Å². The van der Waals surface area contributed by atoms with Gasteiger partial charge >= 0.3 is 12.5 Å². The molecule has 0 saturated carbocycles.